The van der Waals surface area contributed by atoms with E-state index in [-0.39, 0.29) is 30.0 Å². The molecule has 4 aromatic rings. The summed E-state index contributed by atoms with van der Waals surface area (Å²) in [6, 6.07) is 22.5. The molecule has 1 heterocycles. The predicted octanol–water partition coefficient (Wildman–Crippen LogP) is 4.47. The molecule has 1 N–H and O–H groups in total. The monoisotopic (exact) mass is 507 g/mol. The molecule has 0 spiro atoms. The van der Waals surface area contributed by atoms with Crippen LogP contribution in [0.25, 0.3) is 11.0 Å². The Morgan fingerprint density at radius 2 is 1.70 bits per heavy atom. The van der Waals surface area contributed by atoms with Crippen molar-refractivity contribution in [3.63, 3.8) is 0 Å². The SMILES string of the molecule is O=C(COc1ccccc1Br)Oc1ccc2cc(C(=O)NCc3ccccc3)c(=O)oc2c1. The van der Waals surface area contributed by atoms with Crippen molar-refractivity contribution in [2.45, 2.75) is 6.54 Å². The topological polar surface area (TPSA) is 94.8 Å². The van der Waals surface area contributed by atoms with Crippen LogP contribution in [-0.4, -0.2) is 18.5 Å². The van der Waals surface area contributed by atoms with Gasteiger partial charge in [0.1, 0.15) is 22.6 Å². The van der Waals surface area contributed by atoms with Gasteiger partial charge in [-0.3, -0.25) is 4.79 Å². The summed E-state index contributed by atoms with van der Waals surface area (Å²) in [6.07, 6.45) is 0. The van der Waals surface area contributed by atoms with E-state index in [1.165, 1.54) is 12.1 Å². The maximum atomic E-state index is 12.5. The van der Waals surface area contributed by atoms with Crippen LogP contribution in [0.5, 0.6) is 11.5 Å². The number of ether oxygens (including phenoxy) is 2. The van der Waals surface area contributed by atoms with Crippen LogP contribution in [-0.2, 0) is 11.3 Å². The minimum absolute atomic E-state index is 0.106. The Bertz CT molecular complexity index is 1370. The van der Waals surface area contributed by atoms with Gasteiger partial charge in [0.25, 0.3) is 5.91 Å². The summed E-state index contributed by atoms with van der Waals surface area (Å²) in [5.41, 5.74) is 0.210. The Hall–Kier alpha value is -3.91. The largest absolute Gasteiger partial charge is 0.481 e. The number of hydrogen-bond donors (Lipinski definition) is 1. The van der Waals surface area contributed by atoms with Crippen molar-refractivity contribution in [3.05, 3.63) is 105 Å². The number of nitrogens with one attached hydrogen (secondary N) is 1. The highest BCUT2D eigenvalue weighted by atomic mass is 79.9. The van der Waals surface area contributed by atoms with Crippen LogP contribution < -0.4 is 20.4 Å². The van der Waals surface area contributed by atoms with Crippen molar-refractivity contribution < 1.29 is 23.5 Å². The van der Waals surface area contributed by atoms with Crippen LogP contribution in [0.4, 0.5) is 0 Å². The first kappa shape index (κ1) is 22.3. The van der Waals surface area contributed by atoms with Crippen molar-refractivity contribution in [2.24, 2.45) is 0 Å². The number of benzene rings is 3. The van der Waals surface area contributed by atoms with E-state index in [0.29, 0.717) is 15.6 Å². The minimum Gasteiger partial charge on any atom is -0.481 e. The van der Waals surface area contributed by atoms with E-state index in [4.69, 9.17) is 13.9 Å². The van der Waals surface area contributed by atoms with Gasteiger partial charge in [0.2, 0.25) is 0 Å². The van der Waals surface area contributed by atoms with Crippen LogP contribution in [0.1, 0.15) is 15.9 Å². The molecule has 166 valence electrons. The zero-order valence-corrected chi connectivity index (χ0v) is 18.8. The lowest BCUT2D eigenvalue weighted by molar-refractivity contribution is -0.136. The van der Waals surface area contributed by atoms with Crippen LogP contribution in [0, 0.1) is 0 Å². The van der Waals surface area contributed by atoms with Crippen LogP contribution >= 0.6 is 15.9 Å². The highest BCUT2D eigenvalue weighted by Gasteiger charge is 2.15. The lowest BCUT2D eigenvalue weighted by atomic mass is 10.1. The van der Waals surface area contributed by atoms with E-state index >= 15 is 0 Å². The number of carbonyl (C=O) groups is 2. The second-order valence-electron chi connectivity index (χ2n) is 7.01. The number of esters is 1. The highest BCUT2D eigenvalue weighted by Crippen LogP contribution is 2.24. The second-order valence-corrected chi connectivity index (χ2v) is 7.86. The van der Waals surface area contributed by atoms with Gasteiger partial charge < -0.3 is 19.2 Å². The van der Waals surface area contributed by atoms with Crippen molar-refractivity contribution in [1.82, 2.24) is 5.32 Å². The Morgan fingerprint density at radius 3 is 2.48 bits per heavy atom. The Balaban J connectivity index is 1.42. The average molecular weight is 508 g/mol. The van der Waals surface area contributed by atoms with Crippen LogP contribution in [0.2, 0.25) is 0 Å². The van der Waals surface area contributed by atoms with E-state index in [9.17, 15) is 14.4 Å². The fourth-order valence-electron chi connectivity index (χ4n) is 3.05. The van der Waals surface area contributed by atoms with Gasteiger partial charge >= 0.3 is 11.6 Å². The molecule has 1 aromatic heterocycles. The summed E-state index contributed by atoms with van der Waals surface area (Å²) < 4.78 is 16.7. The normalized spacial score (nSPS) is 10.6. The molecule has 0 saturated heterocycles. The molecule has 0 atom stereocenters. The van der Waals surface area contributed by atoms with Crippen molar-refractivity contribution in [2.75, 3.05) is 6.61 Å². The molecule has 0 aliphatic carbocycles. The maximum absolute atomic E-state index is 12.5. The zero-order chi connectivity index (χ0) is 23.2. The number of rotatable bonds is 7. The molecule has 0 aliphatic rings. The summed E-state index contributed by atoms with van der Waals surface area (Å²) in [4.78, 5) is 36.9. The van der Waals surface area contributed by atoms with E-state index in [0.717, 1.165) is 5.56 Å². The first-order valence-corrected chi connectivity index (χ1v) is 10.8. The molecule has 4 rings (SSSR count). The molecule has 0 fully saturated rings. The fourth-order valence-corrected chi connectivity index (χ4v) is 3.45. The Labute approximate surface area is 197 Å². The lowest BCUT2D eigenvalue weighted by Crippen LogP contribution is -2.27. The minimum atomic E-state index is -0.784. The number of fused-ring (bicyclic) bond motifs is 1. The summed E-state index contributed by atoms with van der Waals surface area (Å²) in [6.45, 7) is -0.0151. The lowest BCUT2D eigenvalue weighted by Gasteiger charge is -2.09. The summed E-state index contributed by atoms with van der Waals surface area (Å²) in [5, 5.41) is 3.22. The number of amides is 1. The van der Waals surface area contributed by atoms with Crippen LogP contribution in [0.15, 0.2) is 92.5 Å². The van der Waals surface area contributed by atoms with Crippen molar-refractivity contribution >= 4 is 38.8 Å². The van der Waals surface area contributed by atoms with E-state index in [1.807, 2.05) is 36.4 Å². The predicted molar refractivity (Wildman–Crippen MR) is 125 cm³/mol. The van der Waals surface area contributed by atoms with Crippen LogP contribution in [0.3, 0.4) is 0 Å². The van der Waals surface area contributed by atoms with E-state index in [2.05, 4.69) is 21.2 Å². The van der Waals surface area contributed by atoms with Gasteiger partial charge in [-0.05, 0) is 51.8 Å². The number of para-hydroxylation sites is 1. The number of hydrogen-bond acceptors (Lipinski definition) is 6. The molecular formula is C25H18BrNO6. The smallest absolute Gasteiger partial charge is 0.349 e. The molecule has 8 heteroatoms. The third-order valence-corrected chi connectivity index (χ3v) is 5.32. The summed E-state index contributed by atoms with van der Waals surface area (Å²) in [7, 11) is 0. The molecule has 0 aliphatic heterocycles. The van der Waals surface area contributed by atoms with Gasteiger partial charge in [0.05, 0.1) is 4.47 Å². The average Bonchev–Trinajstić information content (AvgIpc) is 2.82. The quantitative estimate of drug-likeness (QED) is 0.225. The Morgan fingerprint density at radius 1 is 0.939 bits per heavy atom. The third kappa shape index (κ3) is 5.67. The third-order valence-electron chi connectivity index (χ3n) is 4.66. The standard InChI is InChI=1S/C25H18BrNO6/c26-20-8-4-5-9-21(20)31-15-23(28)32-18-11-10-17-12-19(25(30)33-22(17)13-18)24(29)27-14-16-6-2-1-3-7-16/h1-13H,14-15H2,(H,27,29). The molecule has 0 unspecified atom stereocenters. The summed E-state index contributed by atoms with van der Waals surface area (Å²) in [5.74, 6) is -0.455. The molecule has 7 nitrogen and oxygen atoms in total. The first-order chi connectivity index (χ1) is 16.0. The van der Waals surface area contributed by atoms with Gasteiger partial charge in [-0.2, -0.15) is 0 Å². The molecule has 0 radical (unpaired) electrons. The highest BCUT2D eigenvalue weighted by molar-refractivity contribution is 9.10. The summed E-state index contributed by atoms with van der Waals surface area (Å²) >= 11 is 3.34. The fraction of sp³-hybridized carbons (Fsp3) is 0.0800. The number of halogens is 1. The molecule has 0 saturated carbocycles. The van der Waals surface area contributed by atoms with Gasteiger partial charge in [0.15, 0.2) is 6.61 Å². The van der Waals surface area contributed by atoms with Gasteiger partial charge in [-0.1, -0.05) is 42.5 Å². The molecule has 33 heavy (non-hydrogen) atoms. The number of carbonyl (C=O) groups excluding carboxylic acids is 2. The molecule has 0 bridgehead atoms. The van der Waals surface area contributed by atoms with Gasteiger partial charge in [-0.25, -0.2) is 9.59 Å². The maximum Gasteiger partial charge on any atom is 0.349 e. The Kier molecular flexibility index (Phi) is 6.85. The van der Waals surface area contributed by atoms with Gasteiger partial charge in [-0.15, -0.1) is 0 Å². The molecular weight excluding hydrogens is 490 g/mol. The van der Waals surface area contributed by atoms with E-state index < -0.39 is 17.5 Å². The van der Waals surface area contributed by atoms with Crippen molar-refractivity contribution in [3.8, 4) is 11.5 Å². The van der Waals surface area contributed by atoms with E-state index in [1.54, 1.807) is 30.3 Å². The molecule has 1 amide bonds. The van der Waals surface area contributed by atoms with Gasteiger partial charge in [0, 0.05) is 18.0 Å². The second kappa shape index (κ2) is 10.1. The first-order valence-electron chi connectivity index (χ1n) is 9.97. The molecule has 3 aromatic carbocycles. The van der Waals surface area contributed by atoms with Crippen molar-refractivity contribution in [1.29, 1.82) is 0 Å². The zero-order valence-electron chi connectivity index (χ0n) is 17.2.